The summed E-state index contributed by atoms with van der Waals surface area (Å²) in [5, 5.41) is 0. The molecule has 0 fully saturated rings. The molecule has 2 heterocycles. The minimum Gasteiger partial charge on any atom is -0.457 e. The van der Waals surface area contributed by atoms with Crippen molar-refractivity contribution in [1.82, 2.24) is 14.4 Å². The van der Waals surface area contributed by atoms with Crippen molar-refractivity contribution in [1.29, 1.82) is 0 Å². The van der Waals surface area contributed by atoms with E-state index in [9.17, 15) is 0 Å². The van der Waals surface area contributed by atoms with Gasteiger partial charge in [-0.1, -0.05) is 48.5 Å². The van der Waals surface area contributed by atoms with Gasteiger partial charge in [0.05, 0.1) is 0 Å². The van der Waals surface area contributed by atoms with Gasteiger partial charge in [0.15, 0.2) is 0 Å². The molecule has 29 heavy (non-hydrogen) atoms. The third-order valence-corrected chi connectivity index (χ3v) is 4.72. The Morgan fingerprint density at radius 2 is 1.38 bits per heavy atom. The van der Waals surface area contributed by atoms with Gasteiger partial charge in [-0.3, -0.25) is 4.40 Å². The fourth-order valence-electron chi connectivity index (χ4n) is 3.36. The number of para-hydroxylation sites is 1. The normalized spacial score (nSPS) is 10.9. The molecule has 3 aromatic carbocycles. The monoisotopic (exact) mass is 378 g/mol. The Balaban J connectivity index is 1.58. The lowest BCUT2D eigenvalue weighted by Crippen LogP contribution is -1.96. The van der Waals surface area contributed by atoms with E-state index in [1.807, 2.05) is 95.5 Å². The first-order valence-electron chi connectivity index (χ1n) is 9.31. The molecule has 0 saturated heterocycles. The van der Waals surface area contributed by atoms with E-state index in [2.05, 4.69) is 4.98 Å². The Morgan fingerprint density at radius 1 is 0.724 bits per heavy atom. The maximum Gasteiger partial charge on any atom is 0.150 e. The van der Waals surface area contributed by atoms with Crippen LogP contribution in [0.25, 0.3) is 28.2 Å². The minimum absolute atomic E-state index is 0.446. The maximum atomic E-state index is 6.22. The first-order valence-corrected chi connectivity index (χ1v) is 9.31. The van der Waals surface area contributed by atoms with Crippen LogP contribution in [0.1, 0.15) is 0 Å². The summed E-state index contributed by atoms with van der Waals surface area (Å²) in [5.41, 5.74) is 9.77. The third-order valence-electron chi connectivity index (χ3n) is 4.72. The summed E-state index contributed by atoms with van der Waals surface area (Å²) in [6.45, 7) is 0. The van der Waals surface area contributed by atoms with E-state index in [-0.39, 0.29) is 0 Å². The van der Waals surface area contributed by atoms with Gasteiger partial charge in [-0.05, 0) is 36.4 Å². The fraction of sp³-hybridized carbons (Fsp3) is 0. The van der Waals surface area contributed by atoms with Crippen molar-refractivity contribution < 1.29 is 4.74 Å². The summed E-state index contributed by atoms with van der Waals surface area (Å²) in [7, 11) is 0. The quantitative estimate of drug-likeness (QED) is 0.452. The highest BCUT2D eigenvalue weighted by atomic mass is 16.5. The van der Waals surface area contributed by atoms with Crippen LogP contribution in [0.3, 0.4) is 0 Å². The molecule has 0 saturated carbocycles. The lowest BCUT2D eigenvalue weighted by Gasteiger charge is -2.06. The fourth-order valence-corrected chi connectivity index (χ4v) is 3.36. The number of fused-ring (bicyclic) bond motifs is 1. The van der Waals surface area contributed by atoms with Crippen LogP contribution in [-0.4, -0.2) is 14.4 Å². The number of nitrogens with two attached hydrogens (primary N) is 1. The Morgan fingerprint density at radius 3 is 2.10 bits per heavy atom. The van der Waals surface area contributed by atoms with Crippen LogP contribution in [0.2, 0.25) is 0 Å². The average Bonchev–Trinajstić information content (AvgIpc) is 3.17. The number of anilines is 1. The van der Waals surface area contributed by atoms with Crippen molar-refractivity contribution in [3.63, 3.8) is 0 Å². The summed E-state index contributed by atoms with van der Waals surface area (Å²) in [4.78, 5) is 9.17. The first kappa shape index (κ1) is 17.0. The van der Waals surface area contributed by atoms with Gasteiger partial charge in [0.2, 0.25) is 0 Å². The molecule has 0 aliphatic rings. The van der Waals surface area contributed by atoms with Gasteiger partial charge in [0.25, 0.3) is 0 Å². The average molecular weight is 378 g/mol. The highest BCUT2D eigenvalue weighted by Crippen LogP contribution is 2.33. The largest absolute Gasteiger partial charge is 0.457 e. The van der Waals surface area contributed by atoms with E-state index >= 15 is 0 Å². The molecule has 0 radical (unpaired) electrons. The number of nitrogen functional groups attached to an aromatic ring is 1. The number of nitrogens with zero attached hydrogens (tertiary/aromatic N) is 3. The second-order valence-electron chi connectivity index (χ2n) is 6.62. The summed E-state index contributed by atoms with van der Waals surface area (Å²) in [6.07, 6.45) is 3.58. The molecule has 5 rings (SSSR count). The van der Waals surface area contributed by atoms with Crippen molar-refractivity contribution in [3.8, 4) is 34.1 Å². The highest BCUT2D eigenvalue weighted by molar-refractivity contribution is 5.88. The zero-order valence-corrected chi connectivity index (χ0v) is 15.6. The summed E-state index contributed by atoms with van der Waals surface area (Å²) >= 11 is 0. The summed E-state index contributed by atoms with van der Waals surface area (Å²) in [5.74, 6) is 2.83. The van der Waals surface area contributed by atoms with Crippen LogP contribution in [-0.2, 0) is 0 Å². The van der Waals surface area contributed by atoms with Crippen LogP contribution in [0.5, 0.6) is 11.5 Å². The molecule has 0 atom stereocenters. The molecular weight excluding hydrogens is 360 g/mol. The molecular formula is C24H18N4O. The van der Waals surface area contributed by atoms with Crippen LogP contribution < -0.4 is 10.5 Å². The molecule has 0 bridgehead atoms. The van der Waals surface area contributed by atoms with E-state index in [1.54, 1.807) is 6.20 Å². The second-order valence-corrected chi connectivity index (χ2v) is 6.62. The lowest BCUT2D eigenvalue weighted by atomic mass is 10.1. The SMILES string of the molecule is Nc1nccn2c(-c3ccccc3)nc(-c3ccc(Oc4ccccc4)cc3)c12. The number of benzene rings is 3. The van der Waals surface area contributed by atoms with Crippen LogP contribution in [0.4, 0.5) is 5.82 Å². The Hall–Kier alpha value is -4.12. The number of hydrogen-bond donors (Lipinski definition) is 1. The zero-order chi connectivity index (χ0) is 19.6. The minimum atomic E-state index is 0.446. The molecule has 140 valence electrons. The number of hydrogen-bond acceptors (Lipinski definition) is 4. The van der Waals surface area contributed by atoms with Crippen molar-refractivity contribution >= 4 is 11.3 Å². The van der Waals surface area contributed by atoms with E-state index in [1.165, 1.54) is 0 Å². The summed E-state index contributed by atoms with van der Waals surface area (Å²) in [6, 6.07) is 27.6. The predicted octanol–water partition coefficient (Wildman–Crippen LogP) is 5.44. The molecule has 0 aliphatic heterocycles. The number of imidazole rings is 1. The molecule has 0 unspecified atom stereocenters. The molecule has 0 amide bonds. The van der Waals surface area contributed by atoms with E-state index < -0.39 is 0 Å². The molecule has 5 aromatic rings. The van der Waals surface area contributed by atoms with Crippen molar-refractivity contribution in [3.05, 3.63) is 97.3 Å². The Labute approximate surface area is 168 Å². The van der Waals surface area contributed by atoms with Crippen LogP contribution in [0, 0.1) is 0 Å². The van der Waals surface area contributed by atoms with Crippen LogP contribution >= 0.6 is 0 Å². The molecule has 5 heteroatoms. The molecule has 2 aromatic heterocycles. The van der Waals surface area contributed by atoms with Gasteiger partial charge in [-0.2, -0.15) is 0 Å². The molecule has 5 nitrogen and oxygen atoms in total. The van der Waals surface area contributed by atoms with Crippen molar-refractivity contribution in [2.45, 2.75) is 0 Å². The Kier molecular flexibility index (Phi) is 4.18. The third kappa shape index (κ3) is 3.19. The molecule has 0 aliphatic carbocycles. The van der Waals surface area contributed by atoms with E-state index in [4.69, 9.17) is 15.5 Å². The first-order chi connectivity index (χ1) is 14.3. The second kappa shape index (κ2) is 7.13. The van der Waals surface area contributed by atoms with Crippen molar-refractivity contribution in [2.75, 3.05) is 5.73 Å². The maximum absolute atomic E-state index is 6.22. The number of rotatable bonds is 4. The van der Waals surface area contributed by atoms with Crippen molar-refractivity contribution in [2.24, 2.45) is 0 Å². The predicted molar refractivity (Wildman–Crippen MR) is 115 cm³/mol. The molecule has 0 spiro atoms. The summed E-state index contributed by atoms with van der Waals surface area (Å²) < 4.78 is 7.88. The zero-order valence-electron chi connectivity index (χ0n) is 15.6. The van der Waals surface area contributed by atoms with Gasteiger partial charge >= 0.3 is 0 Å². The molecule has 2 N–H and O–H groups in total. The van der Waals surface area contributed by atoms with E-state index in [0.29, 0.717) is 5.82 Å². The van der Waals surface area contributed by atoms with Gasteiger partial charge in [-0.25, -0.2) is 9.97 Å². The number of aromatic nitrogens is 3. The highest BCUT2D eigenvalue weighted by Gasteiger charge is 2.17. The number of ether oxygens (including phenoxy) is 1. The lowest BCUT2D eigenvalue weighted by molar-refractivity contribution is 0.483. The topological polar surface area (TPSA) is 65.4 Å². The Bertz CT molecular complexity index is 1260. The van der Waals surface area contributed by atoms with Crippen LogP contribution in [0.15, 0.2) is 97.3 Å². The smallest absolute Gasteiger partial charge is 0.150 e. The van der Waals surface area contributed by atoms with E-state index in [0.717, 1.165) is 39.7 Å². The standard InChI is InChI=1S/C24H18N4O/c25-23-22-21(17-11-13-20(14-12-17)29-19-9-5-2-6-10-19)27-24(28(22)16-15-26-23)18-7-3-1-4-8-18/h1-16H,(H2,25,26). The van der Waals surface area contributed by atoms with Gasteiger partial charge < -0.3 is 10.5 Å². The van der Waals surface area contributed by atoms with Gasteiger partial charge in [-0.15, -0.1) is 0 Å². The van der Waals surface area contributed by atoms with Gasteiger partial charge in [0.1, 0.15) is 34.4 Å². The van der Waals surface area contributed by atoms with Gasteiger partial charge in [0, 0.05) is 23.5 Å².